The maximum atomic E-state index is 12.0. The highest BCUT2D eigenvalue weighted by atomic mass is 16.5. The van der Waals surface area contributed by atoms with Gasteiger partial charge in [0.15, 0.2) is 0 Å². The molecule has 0 spiro atoms. The molecular formula is C9H20N2O2. The minimum atomic E-state index is -0.0585. The summed E-state index contributed by atoms with van der Waals surface area (Å²) in [4.78, 5) is 0. The van der Waals surface area contributed by atoms with Crippen molar-refractivity contribution in [1.29, 1.82) is 0 Å². The number of methoxy groups -OCH3 is 1. The molecule has 1 rings (SSSR count). The van der Waals surface area contributed by atoms with Gasteiger partial charge in [0.05, 0.1) is 26.2 Å². The maximum absolute atomic E-state index is 12.0. The first-order chi connectivity index (χ1) is 6.16. The fourth-order valence-corrected chi connectivity index (χ4v) is 1.78. The summed E-state index contributed by atoms with van der Waals surface area (Å²) in [5.74, 6) is 0. The first-order valence-corrected chi connectivity index (χ1v) is 4.98. The van der Waals surface area contributed by atoms with Gasteiger partial charge in [-0.1, -0.05) is 0 Å². The molecule has 1 heterocycles. The molecule has 0 aromatic rings. The lowest BCUT2D eigenvalue weighted by molar-refractivity contribution is -0.885. The summed E-state index contributed by atoms with van der Waals surface area (Å²) in [7, 11) is 1.67. The number of nitrogens with two attached hydrogens (primary N) is 1. The van der Waals surface area contributed by atoms with Crippen LogP contribution in [0.25, 0.3) is 0 Å². The van der Waals surface area contributed by atoms with Crippen molar-refractivity contribution in [3.63, 3.8) is 0 Å². The molecule has 0 amide bonds. The standard InChI is InChI=1S/C9H20N2O2/c1-13-8-2-5-11(12)6-3-9(10)4-7-11/h9H,2-8,10H2,1H3. The lowest BCUT2D eigenvalue weighted by Gasteiger charge is -2.46. The number of hydrogen-bond donors (Lipinski definition) is 1. The van der Waals surface area contributed by atoms with E-state index in [-0.39, 0.29) is 10.7 Å². The molecular weight excluding hydrogens is 168 g/mol. The number of quaternary nitrogens is 1. The maximum Gasteiger partial charge on any atom is 0.0806 e. The van der Waals surface area contributed by atoms with E-state index in [4.69, 9.17) is 10.5 Å². The van der Waals surface area contributed by atoms with E-state index in [1.165, 1.54) is 0 Å². The monoisotopic (exact) mass is 188 g/mol. The Bertz CT molecular complexity index is 145. The Kier molecular flexibility index (Phi) is 4.12. The van der Waals surface area contributed by atoms with Gasteiger partial charge in [-0.15, -0.1) is 0 Å². The Balaban J connectivity index is 2.22. The van der Waals surface area contributed by atoms with E-state index in [1.54, 1.807) is 7.11 Å². The van der Waals surface area contributed by atoms with E-state index in [0.717, 1.165) is 19.3 Å². The summed E-state index contributed by atoms with van der Waals surface area (Å²) < 4.78 is 4.87. The third kappa shape index (κ3) is 3.60. The minimum absolute atomic E-state index is 0.0585. The van der Waals surface area contributed by atoms with Crippen molar-refractivity contribution in [3.05, 3.63) is 5.21 Å². The Labute approximate surface area is 79.8 Å². The van der Waals surface area contributed by atoms with Crippen molar-refractivity contribution in [2.45, 2.75) is 25.3 Å². The van der Waals surface area contributed by atoms with Crippen molar-refractivity contribution in [1.82, 2.24) is 0 Å². The zero-order chi connectivity index (χ0) is 9.73. The molecule has 4 heteroatoms. The average molecular weight is 188 g/mol. The predicted octanol–water partition coefficient (Wildman–Crippen LogP) is 0.459. The number of piperidine rings is 1. The van der Waals surface area contributed by atoms with Gasteiger partial charge in [-0.3, -0.25) is 0 Å². The highest BCUT2D eigenvalue weighted by Crippen LogP contribution is 2.16. The molecule has 0 aromatic carbocycles. The molecule has 0 aromatic heterocycles. The smallest absolute Gasteiger partial charge is 0.0806 e. The third-order valence-electron chi connectivity index (χ3n) is 2.73. The van der Waals surface area contributed by atoms with Crippen LogP contribution in [0, 0.1) is 5.21 Å². The summed E-state index contributed by atoms with van der Waals surface area (Å²) in [6, 6.07) is 0.252. The molecule has 1 aliphatic rings. The van der Waals surface area contributed by atoms with Crippen LogP contribution >= 0.6 is 0 Å². The number of likely N-dealkylation sites (tertiary alicyclic amines) is 1. The molecule has 0 radical (unpaired) electrons. The molecule has 1 fully saturated rings. The van der Waals surface area contributed by atoms with E-state index in [1.807, 2.05) is 0 Å². The summed E-state index contributed by atoms with van der Waals surface area (Å²) in [6.45, 7) is 2.74. The van der Waals surface area contributed by atoms with Crippen LogP contribution < -0.4 is 5.73 Å². The van der Waals surface area contributed by atoms with Crippen molar-refractivity contribution < 1.29 is 9.38 Å². The fraction of sp³-hybridized carbons (Fsp3) is 1.00. The molecule has 1 saturated heterocycles. The van der Waals surface area contributed by atoms with Crippen molar-refractivity contribution in [2.24, 2.45) is 5.73 Å². The number of hydroxylamine groups is 3. The van der Waals surface area contributed by atoms with Gasteiger partial charge in [0.25, 0.3) is 0 Å². The first-order valence-electron chi connectivity index (χ1n) is 4.98. The van der Waals surface area contributed by atoms with Crippen LogP contribution in [-0.4, -0.2) is 44.0 Å². The highest BCUT2D eigenvalue weighted by molar-refractivity contribution is 4.67. The molecule has 1 aliphatic heterocycles. The molecule has 0 unspecified atom stereocenters. The van der Waals surface area contributed by atoms with E-state index in [2.05, 4.69) is 0 Å². The molecule has 0 aliphatic carbocycles. The Morgan fingerprint density at radius 1 is 1.46 bits per heavy atom. The molecule has 0 saturated carbocycles. The lowest BCUT2D eigenvalue weighted by atomic mass is 10.1. The second kappa shape index (κ2) is 4.91. The second-order valence-electron chi connectivity index (χ2n) is 3.91. The van der Waals surface area contributed by atoms with Gasteiger partial charge in [0.2, 0.25) is 0 Å². The number of rotatable bonds is 4. The Morgan fingerprint density at radius 2 is 2.08 bits per heavy atom. The lowest BCUT2D eigenvalue weighted by Crippen LogP contribution is -2.51. The van der Waals surface area contributed by atoms with Gasteiger partial charge in [-0.05, 0) is 0 Å². The van der Waals surface area contributed by atoms with Crippen molar-refractivity contribution >= 4 is 0 Å². The normalized spacial score (nSPS) is 34.8. The summed E-state index contributed by atoms with van der Waals surface area (Å²) in [6.07, 6.45) is 2.60. The molecule has 13 heavy (non-hydrogen) atoms. The zero-order valence-corrected chi connectivity index (χ0v) is 8.37. The molecule has 0 atom stereocenters. The van der Waals surface area contributed by atoms with Crippen LogP contribution in [0.2, 0.25) is 0 Å². The van der Waals surface area contributed by atoms with Crippen molar-refractivity contribution in [3.8, 4) is 0 Å². The molecule has 2 N–H and O–H groups in total. The zero-order valence-electron chi connectivity index (χ0n) is 8.37. The Hall–Kier alpha value is -0.160. The van der Waals surface area contributed by atoms with Gasteiger partial charge in [0.1, 0.15) is 0 Å². The second-order valence-corrected chi connectivity index (χ2v) is 3.91. The van der Waals surface area contributed by atoms with Crippen LogP contribution in [0.3, 0.4) is 0 Å². The Morgan fingerprint density at radius 3 is 2.62 bits per heavy atom. The van der Waals surface area contributed by atoms with Gasteiger partial charge in [0, 0.05) is 32.4 Å². The fourth-order valence-electron chi connectivity index (χ4n) is 1.78. The van der Waals surface area contributed by atoms with Gasteiger partial charge in [-0.25, -0.2) is 0 Å². The quantitative estimate of drug-likeness (QED) is 0.396. The van der Waals surface area contributed by atoms with E-state index >= 15 is 0 Å². The minimum Gasteiger partial charge on any atom is -0.633 e. The molecule has 4 nitrogen and oxygen atoms in total. The van der Waals surface area contributed by atoms with Crippen LogP contribution in [0.4, 0.5) is 0 Å². The third-order valence-corrected chi connectivity index (χ3v) is 2.73. The van der Waals surface area contributed by atoms with Gasteiger partial charge < -0.3 is 20.3 Å². The van der Waals surface area contributed by atoms with Crippen LogP contribution in [0.5, 0.6) is 0 Å². The largest absolute Gasteiger partial charge is 0.633 e. The van der Waals surface area contributed by atoms with Crippen LogP contribution in [0.1, 0.15) is 19.3 Å². The average Bonchev–Trinajstić information content (AvgIpc) is 2.12. The van der Waals surface area contributed by atoms with Crippen LogP contribution in [-0.2, 0) is 4.74 Å². The van der Waals surface area contributed by atoms with E-state index in [9.17, 15) is 5.21 Å². The van der Waals surface area contributed by atoms with Crippen LogP contribution in [0.15, 0.2) is 0 Å². The molecule has 78 valence electrons. The molecule has 0 bridgehead atoms. The van der Waals surface area contributed by atoms with Gasteiger partial charge >= 0.3 is 0 Å². The number of ether oxygens (including phenoxy) is 1. The summed E-state index contributed by atoms with van der Waals surface area (Å²) >= 11 is 0. The highest BCUT2D eigenvalue weighted by Gasteiger charge is 2.24. The number of hydrogen-bond acceptors (Lipinski definition) is 3. The SMILES string of the molecule is COCCC[N+]1([O-])CCC(N)CC1. The van der Waals surface area contributed by atoms with E-state index < -0.39 is 0 Å². The van der Waals surface area contributed by atoms with Crippen molar-refractivity contribution in [2.75, 3.05) is 33.4 Å². The summed E-state index contributed by atoms with van der Waals surface area (Å²) in [5, 5.41) is 12.0. The number of nitrogens with zero attached hydrogens (tertiary/aromatic N) is 1. The topological polar surface area (TPSA) is 58.3 Å². The van der Waals surface area contributed by atoms with Gasteiger partial charge in [-0.2, -0.15) is 0 Å². The first kappa shape index (κ1) is 10.9. The van der Waals surface area contributed by atoms with E-state index in [0.29, 0.717) is 26.2 Å². The predicted molar refractivity (Wildman–Crippen MR) is 51.9 cm³/mol. The summed E-state index contributed by atoms with van der Waals surface area (Å²) in [5.41, 5.74) is 5.74.